The summed E-state index contributed by atoms with van der Waals surface area (Å²) in [5.74, 6) is 0.659. The van der Waals surface area contributed by atoms with Crippen LogP contribution in [0.3, 0.4) is 0 Å². The van der Waals surface area contributed by atoms with Crippen molar-refractivity contribution in [2.24, 2.45) is 0 Å². The van der Waals surface area contributed by atoms with Crippen LogP contribution in [0.1, 0.15) is 5.56 Å². The number of pyridine rings is 1. The second kappa shape index (κ2) is 4.82. The summed E-state index contributed by atoms with van der Waals surface area (Å²) < 4.78 is 0. The summed E-state index contributed by atoms with van der Waals surface area (Å²) in [5, 5.41) is 4.23. The SMILES string of the molecule is Cc1cnc(Nc2cc(Cl)cc(Cl)c2)cc1N. The predicted molar refractivity (Wildman–Crippen MR) is 73.1 cm³/mol. The number of nitrogens with zero attached hydrogens (tertiary/aromatic N) is 1. The van der Waals surface area contributed by atoms with Gasteiger partial charge < -0.3 is 11.1 Å². The van der Waals surface area contributed by atoms with Crippen LogP contribution in [0, 0.1) is 6.92 Å². The number of benzene rings is 1. The molecule has 2 aromatic rings. The van der Waals surface area contributed by atoms with E-state index in [1.165, 1.54) is 0 Å². The number of halogens is 2. The Balaban J connectivity index is 2.28. The molecule has 3 N–H and O–H groups in total. The molecule has 0 fully saturated rings. The van der Waals surface area contributed by atoms with Crippen molar-refractivity contribution < 1.29 is 0 Å². The summed E-state index contributed by atoms with van der Waals surface area (Å²) in [6.07, 6.45) is 1.71. The fourth-order valence-corrected chi connectivity index (χ4v) is 1.91. The monoisotopic (exact) mass is 267 g/mol. The molecule has 0 aliphatic heterocycles. The molecule has 0 amide bonds. The topological polar surface area (TPSA) is 50.9 Å². The van der Waals surface area contributed by atoms with Crippen LogP contribution in [-0.2, 0) is 0 Å². The second-order valence-corrected chi connectivity index (χ2v) is 4.58. The molecule has 5 heteroatoms. The maximum absolute atomic E-state index is 5.90. The molecule has 1 aromatic carbocycles. The van der Waals surface area contributed by atoms with Gasteiger partial charge in [-0.15, -0.1) is 0 Å². The summed E-state index contributed by atoms with van der Waals surface area (Å²) >= 11 is 11.8. The molecule has 0 saturated heterocycles. The smallest absolute Gasteiger partial charge is 0.132 e. The third-order valence-electron chi connectivity index (χ3n) is 2.28. The molecule has 0 atom stereocenters. The van der Waals surface area contributed by atoms with Crippen molar-refractivity contribution in [3.63, 3.8) is 0 Å². The molecule has 0 radical (unpaired) electrons. The molecule has 2 rings (SSSR count). The third-order valence-corrected chi connectivity index (χ3v) is 2.72. The van der Waals surface area contributed by atoms with Gasteiger partial charge in [0.15, 0.2) is 0 Å². The number of nitrogen functional groups attached to an aromatic ring is 1. The molecule has 17 heavy (non-hydrogen) atoms. The van der Waals surface area contributed by atoms with Crippen LogP contribution in [0.25, 0.3) is 0 Å². The Morgan fingerprint density at radius 2 is 1.76 bits per heavy atom. The number of rotatable bonds is 2. The van der Waals surface area contributed by atoms with E-state index >= 15 is 0 Å². The standard InChI is InChI=1S/C12H11Cl2N3/c1-7-6-16-12(5-11(7)15)17-10-3-8(13)2-9(14)4-10/h2-6H,1H3,(H3,15,16,17). The Morgan fingerprint density at radius 1 is 1.12 bits per heavy atom. The van der Waals surface area contributed by atoms with E-state index in [4.69, 9.17) is 28.9 Å². The van der Waals surface area contributed by atoms with Gasteiger partial charge in [0.1, 0.15) is 5.82 Å². The minimum atomic E-state index is 0.570. The highest BCUT2D eigenvalue weighted by Crippen LogP contribution is 2.25. The van der Waals surface area contributed by atoms with Gasteiger partial charge in [0.25, 0.3) is 0 Å². The molecule has 0 aliphatic rings. The van der Waals surface area contributed by atoms with Gasteiger partial charge in [-0.05, 0) is 30.7 Å². The van der Waals surface area contributed by atoms with E-state index in [-0.39, 0.29) is 0 Å². The fraction of sp³-hybridized carbons (Fsp3) is 0.0833. The van der Waals surface area contributed by atoms with E-state index in [9.17, 15) is 0 Å². The Morgan fingerprint density at radius 3 is 2.35 bits per heavy atom. The first kappa shape index (κ1) is 12.0. The third kappa shape index (κ3) is 3.02. The van der Waals surface area contributed by atoms with Crippen molar-refractivity contribution in [3.05, 3.63) is 46.1 Å². The lowest BCUT2D eigenvalue weighted by molar-refractivity contribution is 1.26. The molecule has 3 nitrogen and oxygen atoms in total. The first-order valence-electron chi connectivity index (χ1n) is 5.00. The molecule has 0 saturated carbocycles. The minimum absolute atomic E-state index is 0.570. The van der Waals surface area contributed by atoms with Crippen molar-refractivity contribution in [1.29, 1.82) is 0 Å². The number of aromatic nitrogens is 1. The highest BCUT2D eigenvalue weighted by molar-refractivity contribution is 6.35. The number of hydrogen-bond donors (Lipinski definition) is 2. The zero-order chi connectivity index (χ0) is 12.4. The lowest BCUT2D eigenvalue weighted by Crippen LogP contribution is -1.97. The van der Waals surface area contributed by atoms with Gasteiger partial charge in [-0.2, -0.15) is 0 Å². The van der Waals surface area contributed by atoms with E-state index in [2.05, 4.69) is 10.3 Å². The molecule has 88 valence electrons. The van der Waals surface area contributed by atoms with Gasteiger partial charge in [-0.3, -0.25) is 0 Å². The molecular formula is C12H11Cl2N3. The molecule has 1 heterocycles. The fourth-order valence-electron chi connectivity index (χ4n) is 1.38. The van der Waals surface area contributed by atoms with Gasteiger partial charge >= 0.3 is 0 Å². The largest absolute Gasteiger partial charge is 0.398 e. The van der Waals surface area contributed by atoms with Crippen LogP contribution >= 0.6 is 23.2 Å². The maximum atomic E-state index is 5.90. The maximum Gasteiger partial charge on any atom is 0.132 e. The van der Waals surface area contributed by atoms with Crippen molar-refractivity contribution in [2.45, 2.75) is 6.92 Å². The van der Waals surface area contributed by atoms with Crippen molar-refractivity contribution in [1.82, 2.24) is 4.98 Å². The number of anilines is 3. The van der Waals surface area contributed by atoms with E-state index in [1.807, 2.05) is 6.92 Å². The van der Waals surface area contributed by atoms with E-state index in [0.717, 1.165) is 11.3 Å². The summed E-state index contributed by atoms with van der Waals surface area (Å²) in [6, 6.07) is 6.98. The molecule has 0 unspecified atom stereocenters. The number of nitrogens with two attached hydrogens (primary N) is 1. The van der Waals surface area contributed by atoms with Crippen LogP contribution in [0.5, 0.6) is 0 Å². The Hall–Kier alpha value is -1.45. The summed E-state index contributed by atoms with van der Waals surface area (Å²) in [5.41, 5.74) is 8.21. The highest BCUT2D eigenvalue weighted by atomic mass is 35.5. The minimum Gasteiger partial charge on any atom is -0.398 e. The van der Waals surface area contributed by atoms with Gasteiger partial charge in [0.05, 0.1) is 0 Å². The first-order valence-corrected chi connectivity index (χ1v) is 5.75. The van der Waals surface area contributed by atoms with Crippen LogP contribution in [0.15, 0.2) is 30.5 Å². The average molecular weight is 268 g/mol. The normalized spacial score (nSPS) is 10.3. The van der Waals surface area contributed by atoms with Gasteiger partial charge in [0, 0.05) is 33.7 Å². The van der Waals surface area contributed by atoms with Crippen LogP contribution in [0.2, 0.25) is 10.0 Å². The number of aryl methyl sites for hydroxylation is 1. The van der Waals surface area contributed by atoms with E-state index in [0.29, 0.717) is 21.6 Å². The second-order valence-electron chi connectivity index (χ2n) is 3.71. The predicted octanol–water partition coefficient (Wildman–Crippen LogP) is 4.02. The quantitative estimate of drug-likeness (QED) is 0.864. The molecule has 0 bridgehead atoms. The summed E-state index contributed by atoms with van der Waals surface area (Å²) in [7, 11) is 0. The van der Waals surface area contributed by atoms with Crippen molar-refractivity contribution >= 4 is 40.4 Å². The lowest BCUT2D eigenvalue weighted by Gasteiger charge is -2.08. The average Bonchev–Trinajstić information content (AvgIpc) is 2.22. The Kier molecular flexibility index (Phi) is 3.41. The zero-order valence-corrected chi connectivity index (χ0v) is 10.7. The molecule has 1 aromatic heterocycles. The highest BCUT2D eigenvalue weighted by Gasteiger charge is 2.01. The summed E-state index contributed by atoms with van der Waals surface area (Å²) in [6.45, 7) is 1.91. The first-order chi connectivity index (χ1) is 8.04. The zero-order valence-electron chi connectivity index (χ0n) is 9.17. The number of hydrogen-bond acceptors (Lipinski definition) is 3. The Bertz CT molecular complexity index is 535. The van der Waals surface area contributed by atoms with Gasteiger partial charge in [-0.1, -0.05) is 23.2 Å². The van der Waals surface area contributed by atoms with Crippen molar-refractivity contribution in [2.75, 3.05) is 11.1 Å². The molecule has 0 aliphatic carbocycles. The van der Waals surface area contributed by atoms with Crippen LogP contribution in [0.4, 0.5) is 17.2 Å². The van der Waals surface area contributed by atoms with Crippen molar-refractivity contribution in [3.8, 4) is 0 Å². The Labute approximate surface area is 110 Å². The van der Waals surface area contributed by atoms with Gasteiger partial charge in [-0.25, -0.2) is 4.98 Å². The molecule has 0 spiro atoms. The lowest BCUT2D eigenvalue weighted by atomic mass is 10.2. The van der Waals surface area contributed by atoms with Gasteiger partial charge in [0.2, 0.25) is 0 Å². The van der Waals surface area contributed by atoms with Crippen LogP contribution in [-0.4, -0.2) is 4.98 Å². The summed E-state index contributed by atoms with van der Waals surface area (Å²) in [4.78, 5) is 4.22. The molecular weight excluding hydrogens is 257 g/mol. The van der Waals surface area contributed by atoms with Crippen LogP contribution < -0.4 is 11.1 Å². The van der Waals surface area contributed by atoms with E-state index < -0.39 is 0 Å². The van der Waals surface area contributed by atoms with E-state index in [1.54, 1.807) is 30.5 Å². The number of nitrogens with one attached hydrogen (secondary N) is 1.